The number of benzene rings is 1. The van der Waals surface area contributed by atoms with Crippen molar-refractivity contribution < 1.29 is 9.47 Å². The third-order valence-corrected chi connectivity index (χ3v) is 2.77. The molecule has 0 bridgehead atoms. The van der Waals surface area contributed by atoms with Crippen LogP contribution in [-0.2, 0) is 5.88 Å². The number of hydrogen-bond donors (Lipinski definition) is 0. The van der Waals surface area contributed by atoms with Gasteiger partial charge < -0.3 is 9.47 Å². The van der Waals surface area contributed by atoms with E-state index in [1.165, 1.54) is 0 Å². The van der Waals surface area contributed by atoms with Crippen molar-refractivity contribution in [2.24, 2.45) is 0 Å². The molecule has 0 saturated carbocycles. The van der Waals surface area contributed by atoms with E-state index in [1.807, 2.05) is 32.9 Å². The molecular formula is C12H16BrClO2. The minimum atomic E-state index is 0.109. The van der Waals surface area contributed by atoms with E-state index in [-0.39, 0.29) is 6.10 Å². The van der Waals surface area contributed by atoms with Crippen LogP contribution >= 0.6 is 27.5 Å². The highest BCUT2D eigenvalue weighted by Crippen LogP contribution is 2.37. The molecule has 0 amide bonds. The first kappa shape index (κ1) is 13.7. The molecule has 0 fully saturated rings. The van der Waals surface area contributed by atoms with Gasteiger partial charge in [-0.1, -0.05) is 0 Å². The van der Waals surface area contributed by atoms with Crippen LogP contribution in [0.3, 0.4) is 0 Å². The average molecular weight is 308 g/mol. The van der Waals surface area contributed by atoms with Crippen LogP contribution < -0.4 is 9.47 Å². The lowest BCUT2D eigenvalue weighted by atomic mass is 10.2. The van der Waals surface area contributed by atoms with Crippen molar-refractivity contribution in [1.29, 1.82) is 0 Å². The molecule has 0 N–H and O–H groups in total. The van der Waals surface area contributed by atoms with Crippen LogP contribution in [0.15, 0.2) is 16.6 Å². The number of ether oxygens (including phenoxy) is 2. The fourth-order valence-electron chi connectivity index (χ4n) is 1.31. The molecule has 90 valence electrons. The second kappa shape index (κ2) is 6.36. The third kappa shape index (κ3) is 3.56. The van der Waals surface area contributed by atoms with E-state index in [2.05, 4.69) is 15.9 Å². The Balaban J connectivity index is 3.11. The Morgan fingerprint density at radius 1 is 1.38 bits per heavy atom. The maximum absolute atomic E-state index is 5.81. The Morgan fingerprint density at radius 3 is 2.56 bits per heavy atom. The highest BCUT2D eigenvalue weighted by atomic mass is 79.9. The van der Waals surface area contributed by atoms with Gasteiger partial charge in [-0.2, -0.15) is 0 Å². The maximum atomic E-state index is 5.81. The van der Waals surface area contributed by atoms with Crippen LogP contribution in [0.4, 0.5) is 0 Å². The largest absolute Gasteiger partial charge is 0.490 e. The molecule has 0 spiro atoms. The molecule has 16 heavy (non-hydrogen) atoms. The van der Waals surface area contributed by atoms with Gasteiger partial charge in [0.2, 0.25) is 0 Å². The standard InChI is InChI=1S/C12H16BrClO2/c1-4-15-11-6-9(7-14)5-10(13)12(11)16-8(2)3/h5-6,8H,4,7H2,1-3H3. The molecule has 0 aliphatic carbocycles. The SMILES string of the molecule is CCOc1cc(CCl)cc(Br)c1OC(C)C. The minimum Gasteiger partial charge on any atom is -0.490 e. The van der Waals surface area contributed by atoms with E-state index in [9.17, 15) is 0 Å². The van der Waals surface area contributed by atoms with Gasteiger partial charge in [0.1, 0.15) is 0 Å². The van der Waals surface area contributed by atoms with Gasteiger partial charge in [0, 0.05) is 5.88 Å². The first-order valence-electron chi connectivity index (χ1n) is 5.26. The predicted molar refractivity (Wildman–Crippen MR) is 70.6 cm³/mol. The molecule has 1 aromatic carbocycles. The molecular weight excluding hydrogens is 291 g/mol. The minimum absolute atomic E-state index is 0.109. The molecule has 1 rings (SSSR count). The van der Waals surface area contributed by atoms with E-state index >= 15 is 0 Å². The molecule has 0 saturated heterocycles. The van der Waals surface area contributed by atoms with Crippen molar-refractivity contribution in [3.05, 3.63) is 22.2 Å². The van der Waals surface area contributed by atoms with E-state index in [1.54, 1.807) is 0 Å². The zero-order valence-electron chi connectivity index (χ0n) is 9.72. The van der Waals surface area contributed by atoms with Crippen molar-refractivity contribution in [2.75, 3.05) is 6.61 Å². The molecule has 0 aliphatic heterocycles. The van der Waals surface area contributed by atoms with Gasteiger partial charge in [0.05, 0.1) is 17.2 Å². The second-order valence-corrected chi connectivity index (χ2v) is 4.76. The summed E-state index contributed by atoms with van der Waals surface area (Å²) in [4.78, 5) is 0. The zero-order valence-corrected chi connectivity index (χ0v) is 12.1. The lowest BCUT2D eigenvalue weighted by Gasteiger charge is -2.17. The van der Waals surface area contributed by atoms with Crippen LogP contribution in [0.25, 0.3) is 0 Å². The first-order valence-corrected chi connectivity index (χ1v) is 6.59. The fourth-order valence-corrected chi connectivity index (χ4v) is 2.05. The molecule has 0 atom stereocenters. The van der Waals surface area contributed by atoms with Gasteiger partial charge >= 0.3 is 0 Å². The van der Waals surface area contributed by atoms with Crippen molar-refractivity contribution in [3.63, 3.8) is 0 Å². The Kier molecular flexibility index (Phi) is 5.42. The van der Waals surface area contributed by atoms with E-state index in [0.717, 1.165) is 21.5 Å². The Hall–Kier alpha value is -0.410. The summed E-state index contributed by atoms with van der Waals surface area (Å²) in [6, 6.07) is 3.87. The normalized spacial score (nSPS) is 10.6. The lowest BCUT2D eigenvalue weighted by Crippen LogP contribution is -2.08. The van der Waals surface area contributed by atoms with E-state index in [0.29, 0.717) is 12.5 Å². The quantitative estimate of drug-likeness (QED) is 0.752. The Morgan fingerprint density at radius 2 is 2.06 bits per heavy atom. The van der Waals surface area contributed by atoms with Crippen LogP contribution in [0.5, 0.6) is 11.5 Å². The lowest BCUT2D eigenvalue weighted by molar-refractivity contribution is 0.222. The Labute approximate surface area is 110 Å². The summed E-state index contributed by atoms with van der Waals surface area (Å²) in [6.07, 6.45) is 0.109. The van der Waals surface area contributed by atoms with Crippen LogP contribution in [-0.4, -0.2) is 12.7 Å². The smallest absolute Gasteiger partial charge is 0.175 e. The summed E-state index contributed by atoms with van der Waals surface area (Å²) in [6.45, 7) is 6.52. The molecule has 0 radical (unpaired) electrons. The Bertz CT molecular complexity index is 353. The predicted octanol–water partition coefficient (Wildman–Crippen LogP) is 4.37. The van der Waals surface area contributed by atoms with Gasteiger partial charge in [-0.3, -0.25) is 0 Å². The van der Waals surface area contributed by atoms with Gasteiger partial charge in [-0.25, -0.2) is 0 Å². The molecule has 1 aromatic rings. The highest BCUT2D eigenvalue weighted by molar-refractivity contribution is 9.10. The van der Waals surface area contributed by atoms with Crippen molar-refractivity contribution in [2.45, 2.75) is 32.8 Å². The molecule has 0 unspecified atom stereocenters. The topological polar surface area (TPSA) is 18.5 Å². The fraction of sp³-hybridized carbons (Fsp3) is 0.500. The monoisotopic (exact) mass is 306 g/mol. The van der Waals surface area contributed by atoms with E-state index < -0.39 is 0 Å². The number of alkyl halides is 1. The summed E-state index contributed by atoms with van der Waals surface area (Å²) >= 11 is 9.29. The molecule has 0 heterocycles. The van der Waals surface area contributed by atoms with Crippen molar-refractivity contribution >= 4 is 27.5 Å². The van der Waals surface area contributed by atoms with Gasteiger partial charge in [-0.05, 0) is 54.4 Å². The summed E-state index contributed by atoms with van der Waals surface area (Å²) in [5, 5.41) is 0. The summed E-state index contributed by atoms with van der Waals surface area (Å²) in [5.74, 6) is 1.94. The van der Waals surface area contributed by atoms with Gasteiger partial charge in [0.15, 0.2) is 11.5 Å². The second-order valence-electron chi connectivity index (χ2n) is 3.64. The van der Waals surface area contributed by atoms with Gasteiger partial charge in [-0.15, -0.1) is 11.6 Å². The number of hydrogen-bond acceptors (Lipinski definition) is 2. The van der Waals surface area contributed by atoms with Crippen molar-refractivity contribution in [1.82, 2.24) is 0 Å². The third-order valence-electron chi connectivity index (χ3n) is 1.88. The number of rotatable bonds is 5. The molecule has 2 nitrogen and oxygen atoms in total. The summed E-state index contributed by atoms with van der Waals surface area (Å²) in [7, 11) is 0. The highest BCUT2D eigenvalue weighted by Gasteiger charge is 2.13. The number of halogens is 2. The zero-order chi connectivity index (χ0) is 12.1. The van der Waals surface area contributed by atoms with Crippen LogP contribution in [0.1, 0.15) is 26.3 Å². The van der Waals surface area contributed by atoms with Crippen molar-refractivity contribution in [3.8, 4) is 11.5 Å². The average Bonchev–Trinajstić information content (AvgIpc) is 2.22. The maximum Gasteiger partial charge on any atom is 0.175 e. The summed E-state index contributed by atoms with van der Waals surface area (Å²) in [5.41, 5.74) is 1.01. The molecule has 0 aliphatic rings. The van der Waals surface area contributed by atoms with Crippen LogP contribution in [0, 0.1) is 0 Å². The van der Waals surface area contributed by atoms with E-state index in [4.69, 9.17) is 21.1 Å². The molecule has 0 aromatic heterocycles. The molecule has 4 heteroatoms. The van der Waals surface area contributed by atoms with Crippen LogP contribution in [0.2, 0.25) is 0 Å². The summed E-state index contributed by atoms with van der Waals surface area (Å²) < 4.78 is 12.1. The first-order chi connectivity index (χ1) is 7.58. The van der Waals surface area contributed by atoms with Gasteiger partial charge in [0.25, 0.3) is 0 Å².